The third-order valence-electron chi connectivity index (χ3n) is 4.65. The number of amides is 2. The quantitative estimate of drug-likeness (QED) is 0.718. The van der Waals surface area contributed by atoms with Crippen molar-refractivity contribution in [3.8, 4) is 5.75 Å². The Morgan fingerprint density at radius 2 is 1.97 bits per heavy atom. The number of hydrogen-bond donors (Lipinski definition) is 1. The number of halogens is 1. The standard InChI is InChI=1S/C22H23ClN2O4/c1-4-28-21(26)19-17(13-29-18-11-6-5-10-16(18)23)25(3)22(27)24-20(19)15-9-7-8-14(2)12-15/h5-12,20H,4,13H2,1-3H3,(H,24,27)/t20-/m0/s1. The van der Waals surface area contributed by atoms with Crippen molar-refractivity contribution >= 4 is 23.6 Å². The van der Waals surface area contributed by atoms with Gasteiger partial charge in [-0.2, -0.15) is 0 Å². The molecule has 0 saturated heterocycles. The molecule has 2 aromatic carbocycles. The number of hydrogen-bond acceptors (Lipinski definition) is 4. The van der Waals surface area contributed by atoms with Gasteiger partial charge in [-0.15, -0.1) is 0 Å². The van der Waals surface area contributed by atoms with Crippen molar-refractivity contribution in [3.63, 3.8) is 0 Å². The number of rotatable bonds is 6. The summed E-state index contributed by atoms with van der Waals surface area (Å²) in [6, 6.07) is 13.7. The van der Waals surface area contributed by atoms with E-state index in [1.165, 1.54) is 4.90 Å². The van der Waals surface area contributed by atoms with E-state index in [1.54, 1.807) is 38.2 Å². The van der Waals surface area contributed by atoms with Gasteiger partial charge in [-0.25, -0.2) is 9.59 Å². The molecule has 152 valence electrons. The monoisotopic (exact) mass is 414 g/mol. The number of esters is 1. The first kappa shape index (κ1) is 20.7. The largest absolute Gasteiger partial charge is 0.486 e. The Balaban J connectivity index is 2.05. The Kier molecular flexibility index (Phi) is 6.44. The lowest BCUT2D eigenvalue weighted by Crippen LogP contribution is -2.48. The fourth-order valence-electron chi connectivity index (χ4n) is 3.19. The number of nitrogens with zero attached hydrogens (tertiary/aromatic N) is 1. The van der Waals surface area contributed by atoms with Gasteiger partial charge in [0, 0.05) is 7.05 Å². The molecule has 1 N–H and O–H groups in total. The average Bonchev–Trinajstić information content (AvgIpc) is 2.70. The highest BCUT2D eigenvalue weighted by Gasteiger charge is 2.37. The molecule has 29 heavy (non-hydrogen) atoms. The Morgan fingerprint density at radius 3 is 2.66 bits per heavy atom. The Labute approximate surface area is 175 Å². The molecule has 3 rings (SSSR count). The second-order valence-electron chi connectivity index (χ2n) is 6.66. The number of urea groups is 1. The van der Waals surface area contributed by atoms with E-state index >= 15 is 0 Å². The number of likely N-dealkylation sites (N-methyl/N-ethyl adjacent to an activating group) is 1. The van der Waals surface area contributed by atoms with Crippen LogP contribution in [0.3, 0.4) is 0 Å². The van der Waals surface area contributed by atoms with Gasteiger partial charge >= 0.3 is 12.0 Å². The molecule has 0 aromatic heterocycles. The summed E-state index contributed by atoms with van der Waals surface area (Å²) in [6.07, 6.45) is 0. The molecule has 0 unspecified atom stereocenters. The maximum atomic E-state index is 12.9. The van der Waals surface area contributed by atoms with Gasteiger partial charge in [0.15, 0.2) is 0 Å². The van der Waals surface area contributed by atoms with Crippen LogP contribution in [0.5, 0.6) is 5.75 Å². The van der Waals surface area contributed by atoms with Crippen LogP contribution in [0.1, 0.15) is 24.1 Å². The molecule has 0 saturated carbocycles. The summed E-state index contributed by atoms with van der Waals surface area (Å²) in [7, 11) is 1.59. The number of benzene rings is 2. The highest BCUT2D eigenvalue weighted by molar-refractivity contribution is 6.32. The summed E-state index contributed by atoms with van der Waals surface area (Å²) < 4.78 is 11.1. The number of aryl methyl sites for hydroxylation is 1. The predicted octanol–water partition coefficient (Wildman–Crippen LogP) is 4.24. The number of ether oxygens (including phenoxy) is 2. The van der Waals surface area contributed by atoms with Crippen molar-refractivity contribution in [2.75, 3.05) is 20.3 Å². The van der Waals surface area contributed by atoms with E-state index in [1.807, 2.05) is 31.2 Å². The van der Waals surface area contributed by atoms with Gasteiger partial charge in [0.1, 0.15) is 12.4 Å². The Hall–Kier alpha value is -2.99. The van der Waals surface area contributed by atoms with E-state index in [4.69, 9.17) is 21.1 Å². The van der Waals surface area contributed by atoms with E-state index in [9.17, 15) is 9.59 Å². The Morgan fingerprint density at radius 1 is 1.21 bits per heavy atom. The molecule has 0 aliphatic carbocycles. The molecule has 6 nitrogen and oxygen atoms in total. The van der Waals surface area contributed by atoms with Crippen molar-refractivity contribution < 1.29 is 19.1 Å². The van der Waals surface area contributed by atoms with Crippen LogP contribution < -0.4 is 10.1 Å². The van der Waals surface area contributed by atoms with Gasteiger partial charge in [-0.3, -0.25) is 4.90 Å². The van der Waals surface area contributed by atoms with Crippen LogP contribution in [0.2, 0.25) is 5.02 Å². The molecule has 1 aliphatic heterocycles. The zero-order valence-corrected chi connectivity index (χ0v) is 17.3. The van der Waals surface area contributed by atoms with Crippen LogP contribution in [0.25, 0.3) is 0 Å². The van der Waals surface area contributed by atoms with Gasteiger partial charge < -0.3 is 14.8 Å². The maximum Gasteiger partial charge on any atom is 0.338 e. The van der Waals surface area contributed by atoms with Gasteiger partial charge in [0.25, 0.3) is 0 Å². The summed E-state index contributed by atoms with van der Waals surface area (Å²) >= 11 is 6.17. The SMILES string of the molecule is CCOC(=O)C1=C(COc2ccccc2Cl)N(C)C(=O)N[C@H]1c1cccc(C)c1. The van der Waals surface area contributed by atoms with Crippen molar-refractivity contribution in [3.05, 3.63) is 76.0 Å². The molecule has 0 spiro atoms. The molecule has 0 fully saturated rings. The maximum absolute atomic E-state index is 12.9. The third kappa shape index (κ3) is 4.54. The lowest BCUT2D eigenvalue weighted by Gasteiger charge is -2.34. The van der Waals surface area contributed by atoms with E-state index < -0.39 is 12.0 Å². The summed E-state index contributed by atoms with van der Waals surface area (Å²) in [5, 5.41) is 3.33. The molecule has 1 aliphatic rings. The van der Waals surface area contributed by atoms with Gasteiger partial charge in [0.2, 0.25) is 0 Å². The summed E-state index contributed by atoms with van der Waals surface area (Å²) in [5.74, 6) is -0.0278. The third-order valence-corrected chi connectivity index (χ3v) is 4.96. The number of carbonyl (C=O) groups excluding carboxylic acids is 2. The molecule has 0 bridgehead atoms. The smallest absolute Gasteiger partial charge is 0.338 e. The van der Waals surface area contributed by atoms with Crippen molar-refractivity contribution in [1.82, 2.24) is 10.2 Å². The minimum atomic E-state index is -0.637. The van der Waals surface area contributed by atoms with Gasteiger partial charge in [0.05, 0.1) is 28.9 Å². The van der Waals surface area contributed by atoms with Crippen molar-refractivity contribution in [2.24, 2.45) is 0 Å². The second-order valence-corrected chi connectivity index (χ2v) is 7.06. The number of para-hydroxylation sites is 1. The molecule has 2 amide bonds. The fraction of sp³-hybridized carbons (Fsp3) is 0.273. The van der Waals surface area contributed by atoms with Crippen LogP contribution in [0.4, 0.5) is 4.79 Å². The van der Waals surface area contributed by atoms with Crippen LogP contribution in [-0.4, -0.2) is 37.2 Å². The minimum Gasteiger partial charge on any atom is -0.486 e. The summed E-state index contributed by atoms with van der Waals surface area (Å²) in [6.45, 7) is 3.91. The zero-order chi connectivity index (χ0) is 21.0. The first-order valence-corrected chi connectivity index (χ1v) is 9.68. The summed E-state index contributed by atoms with van der Waals surface area (Å²) in [4.78, 5) is 26.9. The van der Waals surface area contributed by atoms with E-state index in [0.29, 0.717) is 22.0 Å². The molecular weight excluding hydrogens is 392 g/mol. The predicted molar refractivity (Wildman–Crippen MR) is 111 cm³/mol. The molecular formula is C22H23ClN2O4. The first-order valence-electron chi connectivity index (χ1n) is 9.30. The van der Waals surface area contributed by atoms with Crippen molar-refractivity contribution in [2.45, 2.75) is 19.9 Å². The molecule has 7 heteroatoms. The molecule has 2 aromatic rings. The lowest BCUT2D eigenvalue weighted by atomic mass is 9.94. The van der Waals surface area contributed by atoms with Gasteiger partial charge in [-0.05, 0) is 31.5 Å². The van der Waals surface area contributed by atoms with E-state index in [2.05, 4.69) is 5.32 Å². The Bertz CT molecular complexity index is 957. The van der Waals surface area contributed by atoms with Crippen LogP contribution in [0, 0.1) is 6.92 Å². The number of nitrogens with one attached hydrogen (secondary N) is 1. The normalized spacial score (nSPS) is 16.5. The molecule has 1 heterocycles. The number of carbonyl (C=O) groups is 2. The second kappa shape index (κ2) is 9.01. The minimum absolute atomic E-state index is 0.00980. The van der Waals surface area contributed by atoms with Crippen LogP contribution in [0.15, 0.2) is 59.8 Å². The topological polar surface area (TPSA) is 67.9 Å². The fourth-order valence-corrected chi connectivity index (χ4v) is 3.38. The molecule has 1 atom stereocenters. The average molecular weight is 415 g/mol. The highest BCUT2D eigenvalue weighted by Crippen LogP contribution is 2.32. The lowest BCUT2D eigenvalue weighted by molar-refractivity contribution is -0.139. The first-order chi connectivity index (χ1) is 13.9. The molecule has 0 radical (unpaired) electrons. The van der Waals surface area contributed by atoms with Crippen LogP contribution >= 0.6 is 11.6 Å². The van der Waals surface area contributed by atoms with E-state index in [-0.39, 0.29) is 19.2 Å². The summed E-state index contributed by atoms with van der Waals surface area (Å²) in [5.41, 5.74) is 2.59. The van der Waals surface area contributed by atoms with Crippen LogP contribution in [-0.2, 0) is 9.53 Å². The van der Waals surface area contributed by atoms with Gasteiger partial charge in [-0.1, -0.05) is 53.6 Å². The zero-order valence-electron chi connectivity index (χ0n) is 16.6. The van der Waals surface area contributed by atoms with E-state index in [0.717, 1.165) is 11.1 Å². The highest BCUT2D eigenvalue weighted by atomic mass is 35.5. The van der Waals surface area contributed by atoms with Crippen molar-refractivity contribution in [1.29, 1.82) is 0 Å².